The molecule has 8 heteroatoms. The predicted octanol–water partition coefficient (Wildman–Crippen LogP) is 5.95. The third kappa shape index (κ3) is 6.58. The van der Waals surface area contributed by atoms with Crippen molar-refractivity contribution in [2.24, 2.45) is 0 Å². The normalized spacial score (nSPS) is 11.7. The summed E-state index contributed by atoms with van der Waals surface area (Å²) in [6.45, 7) is 0.502. The Kier molecular flexibility index (Phi) is 9.32. The highest BCUT2D eigenvalue weighted by atomic mass is 35.5. The lowest BCUT2D eigenvalue weighted by Crippen LogP contribution is -2.36. The van der Waals surface area contributed by atoms with E-state index in [2.05, 4.69) is 10.0 Å². The minimum Gasteiger partial charge on any atom is -0.493 e. The second-order valence-corrected chi connectivity index (χ2v) is 8.69. The zero-order chi connectivity index (χ0) is 23.8. The van der Waals surface area contributed by atoms with Gasteiger partial charge in [0.2, 0.25) is 5.91 Å². The molecule has 3 rings (SSSR count). The van der Waals surface area contributed by atoms with Gasteiger partial charge < -0.3 is 14.8 Å². The second kappa shape index (κ2) is 12.2. The van der Waals surface area contributed by atoms with Crippen molar-refractivity contribution in [3.63, 3.8) is 0 Å². The summed E-state index contributed by atoms with van der Waals surface area (Å²) < 4.78 is 13.8. The van der Waals surface area contributed by atoms with Crippen molar-refractivity contribution in [2.75, 3.05) is 27.0 Å². The van der Waals surface area contributed by atoms with Gasteiger partial charge in [-0.05, 0) is 59.2 Å². The first-order valence-electron chi connectivity index (χ1n) is 10.3. The number of halogens is 2. The van der Waals surface area contributed by atoms with Crippen molar-refractivity contribution in [3.8, 4) is 22.6 Å². The van der Waals surface area contributed by atoms with Gasteiger partial charge in [-0.15, -0.1) is 0 Å². The number of methoxy groups -OCH3 is 2. The Hall–Kier alpha value is -2.38. The smallest absolute Gasteiger partial charge is 0.242 e. The Morgan fingerprint density at radius 2 is 1.61 bits per heavy atom. The van der Waals surface area contributed by atoms with E-state index in [-0.39, 0.29) is 5.91 Å². The molecule has 174 valence electrons. The Morgan fingerprint density at radius 3 is 2.24 bits per heavy atom. The third-order valence-electron chi connectivity index (χ3n) is 5.16. The maximum absolute atomic E-state index is 12.9. The molecule has 5 nitrogen and oxygen atoms in total. The maximum Gasteiger partial charge on any atom is 0.242 e. The van der Waals surface area contributed by atoms with Gasteiger partial charge >= 0.3 is 0 Å². The van der Waals surface area contributed by atoms with Crippen LogP contribution < -0.4 is 19.5 Å². The molecule has 33 heavy (non-hydrogen) atoms. The molecule has 0 bridgehead atoms. The monoisotopic (exact) mass is 504 g/mol. The first-order chi connectivity index (χ1) is 16.0. The van der Waals surface area contributed by atoms with E-state index in [4.69, 9.17) is 32.7 Å². The molecule has 1 amide bonds. The quantitative estimate of drug-likeness (QED) is 0.334. The number of ether oxygens (including phenoxy) is 2. The van der Waals surface area contributed by atoms with E-state index in [0.717, 1.165) is 22.3 Å². The molecule has 1 atom stereocenters. The van der Waals surface area contributed by atoms with E-state index >= 15 is 0 Å². The maximum atomic E-state index is 12.9. The lowest BCUT2D eigenvalue weighted by Gasteiger charge is -2.18. The number of carbonyl (C=O) groups excluding carboxylic acids is 1. The van der Waals surface area contributed by atoms with Crippen LogP contribution in [0, 0.1) is 0 Å². The first-order valence-corrected chi connectivity index (χ1v) is 12.3. The number of rotatable bonds is 10. The summed E-state index contributed by atoms with van der Waals surface area (Å²) in [6.07, 6.45) is 2.57. The van der Waals surface area contributed by atoms with Crippen molar-refractivity contribution >= 4 is 41.1 Å². The Labute approximate surface area is 208 Å². The summed E-state index contributed by atoms with van der Waals surface area (Å²) >= 11 is 13.6. The molecular weight excluding hydrogens is 479 g/mol. The average molecular weight is 505 g/mol. The zero-order valence-electron chi connectivity index (χ0n) is 18.7. The first kappa shape index (κ1) is 25.2. The van der Waals surface area contributed by atoms with E-state index in [1.165, 1.54) is 11.9 Å². The highest BCUT2D eigenvalue weighted by Gasteiger charge is 2.20. The van der Waals surface area contributed by atoms with Gasteiger partial charge in [-0.2, -0.15) is 0 Å². The molecule has 0 aliphatic carbocycles. The van der Waals surface area contributed by atoms with E-state index in [0.29, 0.717) is 34.5 Å². The number of hydrogen-bond acceptors (Lipinski definition) is 5. The summed E-state index contributed by atoms with van der Waals surface area (Å²) in [5.41, 5.74) is 3.88. The fraction of sp³-hybridized carbons (Fsp3) is 0.240. The molecule has 2 N–H and O–H groups in total. The van der Waals surface area contributed by atoms with Crippen LogP contribution in [0.15, 0.2) is 60.7 Å². The topological polar surface area (TPSA) is 59.6 Å². The highest BCUT2D eigenvalue weighted by molar-refractivity contribution is 7.96. The van der Waals surface area contributed by atoms with Crippen molar-refractivity contribution in [3.05, 3.63) is 81.8 Å². The molecule has 0 aromatic heterocycles. The number of benzene rings is 3. The number of amides is 1. The zero-order valence-corrected chi connectivity index (χ0v) is 21.0. The van der Waals surface area contributed by atoms with Gasteiger partial charge in [-0.1, -0.05) is 71.5 Å². The molecule has 0 radical (unpaired) electrons. The lowest BCUT2D eigenvalue weighted by atomic mass is 10.0. The van der Waals surface area contributed by atoms with Crippen LogP contribution in [0.4, 0.5) is 0 Å². The Balaban J connectivity index is 1.65. The van der Waals surface area contributed by atoms with Crippen molar-refractivity contribution in [1.29, 1.82) is 0 Å². The Bertz CT molecular complexity index is 1090. The molecule has 0 heterocycles. The highest BCUT2D eigenvalue weighted by Crippen LogP contribution is 2.30. The van der Waals surface area contributed by atoms with Crippen LogP contribution in [0.3, 0.4) is 0 Å². The fourth-order valence-corrected chi connectivity index (χ4v) is 4.18. The second-order valence-electron chi connectivity index (χ2n) is 7.24. The van der Waals surface area contributed by atoms with Gasteiger partial charge in [0.25, 0.3) is 0 Å². The molecule has 3 aromatic carbocycles. The molecule has 0 saturated carbocycles. The van der Waals surface area contributed by atoms with Crippen LogP contribution in [0.5, 0.6) is 11.5 Å². The van der Waals surface area contributed by atoms with Gasteiger partial charge in [0.15, 0.2) is 11.5 Å². The molecular formula is C25H26Cl2N2O3S. The minimum absolute atomic E-state index is 0.0906. The summed E-state index contributed by atoms with van der Waals surface area (Å²) in [5, 5.41) is 4.05. The summed E-state index contributed by atoms with van der Waals surface area (Å²) in [5.74, 6) is 1.26. The van der Waals surface area contributed by atoms with E-state index in [1.54, 1.807) is 20.3 Å². The van der Waals surface area contributed by atoms with Crippen LogP contribution >= 0.6 is 35.1 Å². The average Bonchev–Trinajstić information content (AvgIpc) is 2.84. The van der Waals surface area contributed by atoms with Gasteiger partial charge in [-0.3, -0.25) is 4.79 Å². The van der Waals surface area contributed by atoms with Crippen LogP contribution in [0.25, 0.3) is 11.1 Å². The van der Waals surface area contributed by atoms with Crippen molar-refractivity contribution < 1.29 is 14.3 Å². The van der Waals surface area contributed by atoms with Crippen LogP contribution in [-0.4, -0.2) is 32.9 Å². The predicted molar refractivity (Wildman–Crippen MR) is 138 cm³/mol. The lowest BCUT2D eigenvalue weighted by molar-refractivity contribution is -0.122. The summed E-state index contributed by atoms with van der Waals surface area (Å²) in [6, 6.07) is 18.6. The summed E-state index contributed by atoms with van der Waals surface area (Å²) in [7, 11) is 3.21. The number of hydrogen-bond donors (Lipinski definition) is 2. The van der Waals surface area contributed by atoms with Crippen molar-refractivity contribution in [2.45, 2.75) is 12.5 Å². The molecule has 0 aliphatic heterocycles. The molecule has 1 unspecified atom stereocenters. The number of nitrogens with one attached hydrogen (secondary N) is 2. The SMILES string of the molecule is COc1ccc(CCNC(=O)C(NSC)c2ccc(-c3ccc(Cl)c(Cl)c3)cc2)cc1OC. The third-order valence-corrected chi connectivity index (χ3v) is 6.37. The summed E-state index contributed by atoms with van der Waals surface area (Å²) in [4.78, 5) is 12.9. The van der Waals surface area contributed by atoms with Crippen LogP contribution in [-0.2, 0) is 11.2 Å². The van der Waals surface area contributed by atoms with Gasteiger partial charge in [-0.25, -0.2) is 4.72 Å². The van der Waals surface area contributed by atoms with E-state index in [1.807, 2.05) is 60.9 Å². The molecule has 0 saturated heterocycles. The minimum atomic E-state index is -0.478. The van der Waals surface area contributed by atoms with Crippen molar-refractivity contribution in [1.82, 2.24) is 10.0 Å². The molecule has 0 fully saturated rings. The van der Waals surface area contributed by atoms with Gasteiger partial charge in [0.1, 0.15) is 6.04 Å². The largest absolute Gasteiger partial charge is 0.493 e. The molecule has 3 aromatic rings. The standard InChI is InChI=1S/C25H26Cl2N2O3S/c1-31-22-11-4-16(14-23(22)32-2)12-13-28-25(30)24(29-33-3)18-7-5-17(6-8-18)19-9-10-20(26)21(27)15-19/h4-11,14-15,24,29H,12-13H2,1-3H3,(H,28,30). The number of carbonyl (C=O) groups is 1. The van der Waals surface area contributed by atoms with Crippen LogP contribution in [0.2, 0.25) is 10.0 Å². The Morgan fingerprint density at radius 1 is 0.909 bits per heavy atom. The van der Waals surface area contributed by atoms with Gasteiger partial charge in [0, 0.05) is 6.54 Å². The van der Waals surface area contributed by atoms with E-state index < -0.39 is 6.04 Å². The fourth-order valence-electron chi connectivity index (χ4n) is 3.40. The van der Waals surface area contributed by atoms with Crippen LogP contribution in [0.1, 0.15) is 17.2 Å². The molecule has 0 spiro atoms. The van der Waals surface area contributed by atoms with Gasteiger partial charge in [0.05, 0.1) is 24.3 Å². The molecule has 0 aliphatic rings. The van der Waals surface area contributed by atoms with E-state index in [9.17, 15) is 4.79 Å².